The van der Waals surface area contributed by atoms with Crippen molar-refractivity contribution in [2.24, 2.45) is 0 Å². The maximum Gasteiger partial charge on any atom is 0.251 e. The number of amides is 2. The molecule has 1 heterocycles. The van der Waals surface area contributed by atoms with E-state index in [4.69, 9.17) is 0 Å². The summed E-state index contributed by atoms with van der Waals surface area (Å²) in [4.78, 5) is 28.0. The molecular formula is C15H21N3O2. The fourth-order valence-electron chi connectivity index (χ4n) is 2.27. The topological polar surface area (TPSA) is 52.6 Å². The zero-order valence-electron chi connectivity index (χ0n) is 11.8. The number of carbonyl (C=O) groups is 2. The van der Waals surface area contributed by atoms with Gasteiger partial charge in [0, 0.05) is 31.7 Å². The van der Waals surface area contributed by atoms with Gasteiger partial charge in [0.15, 0.2) is 0 Å². The van der Waals surface area contributed by atoms with E-state index >= 15 is 0 Å². The summed E-state index contributed by atoms with van der Waals surface area (Å²) in [7, 11) is 0. The Balaban J connectivity index is 1.77. The number of hydrogen-bond acceptors (Lipinski definition) is 3. The minimum Gasteiger partial charge on any atom is -0.343 e. The second-order valence-corrected chi connectivity index (χ2v) is 4.86. The maximum absolute atomic E-state index is 12.0. The number of rotatable bonds is 4. The first-order chi connectivity index (χ1) is 9.70. The van der Waals surface area contributed by atoms with Crippen LogP contribution in [-0.4, -0.2) is 60.9 Å². The summed E-state index contributed by atoms with van der Waals surface area (Å²) in [6.45, 7) is 6.52. The summed E-state index contributed by atoms with van der Waals surface area (Å²) in [5.74, 6) is -0.212. The molecule has 0 radical (unpaired) electrons. The Kier molecular flexibility index (Phi) is 5.12. The number of benzene rings is 1. The molecule has 1 N–H and O–H groups in total. The fraction of sp³-hybridized carbons (Fsp3) is 0.467. The fourth-order valence-corrected chi connectivity index (χ4v) is 2.27. The average Bonchev–Trinajstić information content (AvgIpc) is 2.53. The van der Waals surface area contributed by atoms with Crippen molar-refractivity contribution < 1.29 is 9.59 Å². The molecular weight excluding hydrogens is 254 g/mol. The van der Waals surface area contributed by atoms with Crippen LogP contribution >= 0.6 is 0 Å². The molecule has 1 fully saturated rings. The molecule has 2 amide bonds. The van der Waals surface area contributed by atoms with Gasteiger partial charge in [-0.1, -0.05) is 25.1 Å². The molecule has 0 saturated carbocycles. The zero-order valence-corrected chi connectivity index (χ0v) is 11.8. The third-order valence-corrected chi connectivity index (χ3v) is 3.61. The van der Waals surface area contributed by atoms with Crippen molar-refractivity contribution in [2.75, 3.05) is 39.3 Å². The van der Waals surface area contributed by atoms with E-state index in [1.165, 1.54) is 0 Å². The van der Waals surface area contributed by atoms with Crippen molar-refractivity contribution in [3.05, 3.63) is 35.9 Å². The molecule has 5 heteroatoms. The third kappa shape index (κ3) is 3.81. The van der Waals surface area contributed by atoms with Crippen molar-refractivity contribution in [1.82, 2.24) is 15.1 Å². The highest BCUT2D eigenvalue weighted by Gasteiger charge is 2.20. The van der Waals surface area contributed by atoms with E-state index < -0.39 is 0 Å². The summed E-state index contributed by atoms with van der Waals surface area (Å²) in [5.41, 5.74) is 0.580. The molecule has 108 valence electrons. The number of hydrogen-bond donors (Lipinski definition) is 1. The minimum absolute atomic E-state index is 0.00923. The van der Waals surface area contributed by atoms with E-state index in [1.807, 2.05) is 11.0 Å². The summed E-state index contributed by atoms with van der Waals surface area (Å²) in [5, 5.41) is 2.68. The van der Waals surface area contributed by atoms with E-state index in [1.54, 1.807) is 24.3 Å². The molecule has 0 atom stereocenters. The largest absolute Gasteiger partial charge is 0.343 e. The van der Waals surface area contributed by atoms with Crippen molar-refractivity contribution in [1.29, 1.82) is 0 Å². The summed E-state index contributed by atoms with van der Waals surface area (Å²) in [6.07, 6.45) is 0. The smallest absolute Gasteiger partial charge is 0.251 e. The third-order valence-electron chi connectivity index (χ3n) is 3.61. The lowest BCUT2D eigenvalue weighted by atomic mass is 10.2. The van der Waals surface area contributed by atoms with Gasteiger partial charge < -0.3 is 15.1 Å². The van der Waals surface area contributed by atoms with E-state index in [2.05, 4.69) is 17.1 Å². The molecule has 0 spiro atoms. The molecule has 0 bridgehead atoms. The van der Waals surface area contributed by atoms with Gasteiger partial charge in [-0.15, -0.1) is 0 Å². The first-order valence-corrected chi connectivity index (χ1v) is 7.04. The van der Waals surface area contributed by atoms with Crippen LogP contribution in [0.3, 0.4) is 0 Å². The van der Waals surface area contributed by atoms with Crippen LogP contribution in [0.1, 0.15) is 17.3 Å². The van der Waals surface area contributed by atoms with Crippen LogP contribution in [0.15, 0.2) is 30.3 Å². The molecule has 2 rings (SSSR count). The van der Waals surface area contributed by atoms with Gasteiger partial charge in [-0.05, 0) is 18.7 Å². The summed E-state index contributed by atoms with van der Waals surface area (Å²) in [6, 6.07) is 8.94. The van der Waals surface area contributed by atoms with Crippen LogP contribution in [0.4, 0.5) is 0 Å². The van der Waals surface area contributed by atoms with Crippen LogP contribution in [-0.2, 0) is 4.79 Å². The van der Waals surface area contributed by atoms with Gasteiger partial charge in [-0.3, -0.25) is 9.59 Å². The molecule has 5 nitrogen and oxygen atoms in total. The highest BCUT2D eigenvalue weighted by Crippen LogP contribution is 2.02. The van der Waals surface area contributed by atoms with Gasteiger partial charge in [0.1, 0.15) is 0 Å². The second kappa shape index (κ2) is 7.05. The quantitative estimate of drug-likeness (QED) is 0.874. The molecule has 0 aliphatic carbocycles. The SMILES string of the molecule is CCN1CCN(C(=O)CNC(=O)c2ccccc2)CC1. The molecule has 0 unspecified atom stereocenters. The highest BCUT2D eigenvalue weighted by molar-refractivity contribution is 5.96. The van der Waals surface area contributed by atoms with Gasteiger partial charge in [-0.2, -0.15) is 0 Å². The van der Waals surface area contributed by atoms with Gasteiger partial charge in [0.25, 0.3) is 5.91 Å². The van der Waals surface area contributed by atoms with Crippen LogP contribution in [0.2, 0.25) is 0 Å². The number of piperazine rings is 1. The van der Waals surface area contributed by atoms with Gasteiger partial charge in [0.05, 0.1) is 6.54 Å². The van der Waals surface area contributed by atoms with Crippen molar-refractivity contribution in [3.63, 3.8) is 0 Å². The van der Waals surface area contributed by atoms with E-state index in [0.717, 1.165) is 32.7 Å². The normalized spacial score (nSPS) is 15.9. The zero-order chi connectivity index (χ0) is 14.4. The predicted octanol–water partition coefficient (Wildman–Crippen LogP) is 0.581. The standard InChI is InChI=1S/C15H21N3O2/c1-2-17-8-10-18(11-9-17)14(19)12-16-15(20)13-6-4-3-5-7-13/h3-7H,2,8-12H2,1H3,(H,16,20). The molecule has 1 aromatic rings. The van der Waals surface area contributed by atoms with Crippen molar-refractivity contribution in [2.45, 2.75) is 6.92 Å². The lowest BCUT2D eigenvalue weighted by molar-refractivity contribution is -0.131. The Labute approximate surface area is 119 Å². The van der Waals surface area contributed by atoms with Crippen molar-refractivity contribution in [3.8, 4) is 0 Å². The molecule has 1 aliphatic heterocycles. The lowest BCUT2D eigenvalue weighted by Crippen LogP contribution is -2.51. The van der Waals surface area contributed by atoms with E-state index in [0.29, 0.717) is 5.56 Å². The number of carbonyl (C=O) groups excluding carboxylic acids is 2. The number of likely N-dealkylation sites (N-methyl/N-ethyl adjacent to an activating group) is 1. The Bertz CT molecular complexity index is 453. The Morgan fingerprint density at radius 3 is 2.35 bits per heavy atom. The molecule has 1 aliphatic rings. The maximum atomic E-state index is 12.0. The molecule has 1 saturated heterocycles. The highest BCUT2D eigenvalue weighted by atomic mass is 16.2. The average molecular weight is 275 g/mol. The predicted molar refractivity (Wildman–Crippen MR) is 77.5 cm³/mol. The summed E-state index contributed by atoms with van der Waals surface area (Å²) >= 11 is 0. The van der Waals surface area contributed by atoms with E-state index in [-0.39, 0.29) is 18.4 Å². The first-order valence-electron chi connectivity index (χ1n) is 7.04. The molecule has 20 heavy (non-hydrogen) atoms. The molecule has 1 aromatic carbocycles. The minimum atomic E-state index is -0.203. The molecule has 0 aromatic heterocycles. The number of nitrogens with zero attached hydrogens (tertiary/aromatic N) is 2. The number of nitrogens with one attached hydrogen (secondary N) is 1. The van der Waals surface area contributed by atoms with Gasteiger partial charge in [-0.25, -0.2) is 0 Å². The monoisotopic (exact) mass is 275 g/mol. The van der Waals surface area contributed by atoms with Crippen LogP contribution in [0.5, 0.6) is 0 Å². The van der Waals surface area contributed by atoms with E-state index in [9.17, 15) is 9.59 Å². The Hall–Kier alpha value is -1.88. The van der Waals surface area contributed by atoms with Crippen LogP contribution in [0, 0.1) is 0 Å². The van der Waals surface area contributed by atoms with Gasteiger partial charge >= 0.3 is 0 Å². The van der Waals surface area contributed by atoms with Gasteiger partial charge in [0.2, 0.25) is 5.91 Å². The van der Waals surface area contributed by atoms with Crippen LogP contribution in [0.25, 0.3) is 0 Å². The first kappa shape index (κ1) is 14.5. The summed E-state index contributed by atoms with van der Waals surface area (Å²) < 4.78 is 0. The van der Waals surface area contributed by atoms with Crippen LogP contribution < -0.4 is 5.32 Å². The second-order valence-electron chi connectivity index (χ2n) is 4.86. The Morgan fingerprint density at radius 2 is 1.75 bits per heavy atom. The van der Waals surface area contributed by atoms with Crippen molar-refractivity contribution >= 4 is 11.8 Å². The lowest BCUT2D eigenvalue weighted by Gasteiger charge is -2.34. The Morgan fingerprint density at radius 1 is 1.10 bits per heavy atom.